The number of hydrogen-bond acceptors (Lipinski definition) is 3. The minimum Gasteiger partial charge on any atom is -0.332 e. The highest BCUT2D eigenvalue weighted by atomic mass is 79.9. The number of aromatic nitrogens is 2. The Labute approximate surface area is 110 Å². The molecule has 0 saturated heterocycles. The zero-order chi connectivity index (χ0) is 12.5. The highest BCUT2D eigenvalue weighted by Gasteiger charge is 2.42. The Hall–Kier alpha value is -0.400. The molecule has 0 bridgehead atoms. The number of halogens is 1. The van der Waals surface area contributed by atoms with E-state index in [1.165, 1.54) is 6.20 Å². The van der Waals surface area contributed by atoms with E-state index in [9.17, 15) is 8.42 Å². The van der Waals surface area contributed by atoms with Gasteiger partial charge in [-0.05, 0) is 18.3 Å². The van der Waals surface area contributed by atoms with Crippen molar-refractivity contribution in [3.05, 3.63) is 12.0 Å². The van der Waals surface area contributed by atoms with E-state index < -0.39 is 10.0 Å². The number of sulfonamides is 1. The third kappa shape index (κ3) is 2.89. The average molecular weight is 322 g/mol. The smallest absolute Gasteiger partial charge is 0.257 e. The molecule has 17 heavy (non-hydrogen) atoms. The molecular weight excluding hydrogens is 306 g/mol. The van der Waals surface area contributed by atoms with Crippen LogP contribution in [0.5, 0.6) is 0 Å². The number of nitrogens with one attached hydrogen (secondary N) is 2. The van der Waals surface area contributed by atoms with Gasteiger partial charge in [0.15, 0.2) is 5.03 Å². The molecule has 96 valence electrons. The van der Waals surface area contributed by atoms with Crippen molar-refractivity contribution in [2.45, 2.75) is 31.2 Å². The van der Waals surface area contributed by atoms with Crippen LogP contribution in [0.4, 0.5) is 0 Å². The molecule has 2 rings (SSSR count). The first-order valence-electron chi connectivity index (χ1n) is 5.61. The van der Waals surface area contributed by atoms with Crippen LogP contribution in [-0.2, 0) is 16.4 Å². The van der Waals surface area contributed by atoms with Crippen molar-refractivity contribution in [2.24, 2.45) is 5.41 Å². The molecule has 1 aromatic rings. The minimum atomic E-state index is -3.44. The van der Waals surface area contributed by atoms with E-state index in [4.69, 9.17) is 0 Å². The summed E-state index contributed by atoms with van der Waals surface area (Å²) in [5, 5.41) is 0.992. The summed E-state index contributed by atoms with van der Waals surface area (Å²) >= 11 is 3.42. The van der Waals surface area contributed by atoms with Crippen molar-refractivity contribution in [3.63, 3.8) is 0 Å². The number of H-pyrrole nitrogens is 1. The van der Waals surface area contributed by atoms with Gasteiger partial charge in [0.05, 0.1) is 6.20 Å². The second-order valence-corrected chi connectivity index (χ2v) is 6.80. The van der Waals surface area contributed by atoms with Gasteiger partial charge in [-0.15, -0.1) is 0 Å². The van der Waals surface area contributed by atoms with Crippen LogP contribution in [-0.4, -0.2) is 30.3 Å². The van der Waals surface area contributed by atoms with Crippen molar-refractivity contribution in [1.82, 2.24) is 14.7 Å². The lowest BCUT2D eigenvalue weighted by molar-refractivity contribution is 0.536. The summed E-state index contributed by atoms with van der Waals surface area (Å²) in [7, 11) is -3.44. The Morgan fingerprint density at radius 3 is 2.76 bits per heavy atom. The van der Waals surface area contributed by atoms with Crippen molar-refractivity contribution < 1.29 is 8.42 Å². The molecule has 1 heterocycles. The summed E-state index contributed by atoms with van der Waals surface area (Å²) in [6, 6.07) is 0. The Balaban J connectivity index is 2.03. The molecule has 1 aliphatic rings. The summed E-state index contributed by atoms with van der Waals surface area (Å²) in [4.78, 5) is 6.80. The zero-order valence-corrected chi connectivity index (χ0v) is 12.1. The van der Waals surface area contributed by atoms with Crippen molar-refractivity contribution >= 4 is 26.0 Å². The molecule has 0 radical (unpaired) electrons. The van der Waals surface area contributed by atoms with Crippen molar-refractivity contribution in [3.8, 4) is 0 Å². The van der Waals surface area contributed by atoms with Gasteiger partial charge >= 0.3 is 0 Å². The summed E-state index contributed by atoms with van der Waals surface area (Å²) in [5.41, 5.74) is 0.126. The van der Waals surface area contributed by atoms with Gasteiger partial charge in [-0.25, -0.2) is 18.1 Å². The van der Waals surface area contributed by atoms with E-state index >= 15 is 0 Å². The number of alkyl halides is 1. The van der Waals surface area contributed by atoms with Crippen LogP contribution in [0.2, 0.25) is 0 Å². The molecule has 1 aliphatic carbocycles. The summed E-state index contributed by atoms with van der Waals surface area (Å²) in [5.74, 6) is 0.687. The molecule has 2 N–H and O–H groups in total. The highest BCUT2D eigenvalue weighted by molar-refractivity contribution is 9.09. The lowest BCUT2D eigenvalue weighted by atomic mass is 10.1. The van der Waals surface area contributed by atoms with E-state index in [1.807, 2.05) is 6.92 Å². The van der Waals surface area contributed by atoms with Gasteiger partial charge in [-0.2, -0.15) is 0 Å². The fourth-order valence-electron chi connectivity index (χ4n) is 1.52. The van der Waals surface area contributed by atoms with E-state index in [1.54, 1.807) is 0 Å². The highest BCUT2D eigenvalue weighted by Crippen LogP contribution is 2.46. The first-order valence-corrected chi connectivity index (χ1v) is 8.21. The Kier molecular flexibility index (Phi) is 3.61. The van der Waals surface area contributed by atoms with Crippen molar-refractivity contribution in [2.75, 3.05) is 11.9 Å². The lowest BCUT2D eigenvalue weighted by Gasteiger charge is -2.11. The third-order valence-corrected chi connectivity index (χ3v) is 5.61. The molecule has 5 nitrogen and oxygen atoms in total. The summed E-state index contributed by atoms with van der Waals surface area (Å²) < 4.78 is 26.5. The fourth-order valence-corrected chi connectivity index (χ4v) is 3.37. The van der Waals surface area contributed by atoms with Crippen LogP contribution < -0.4 is 4.72 Å². The SMILES string of the molecule is CCc1ncc(S(=O)(=O)NCC2(CBr)CC2)[nH]1. The van der Waals surface area contributed by atoms with Gasteiger partial charge in [0.25, 0.3) is 10.0 Å². The monoisotopic (exact) mass is 321 g/mol. The van der Waals surface area contributed by atoms with Crippen LogP contribution in [0.15, 0.2) is 11.2 Å². The normalized spacial score (nSPS) is 18.2. The number of hydrogen-bond donors (Lipinski definition) is 2. The standard InChI is InChI=1S/C10H16BrN3O2S/c1-2-8-12-5-9(14-8)17(15,16)13-7-10(6-11)3-4-10/h5,13H,2-4,6-7H2,1H3,(H,12,14). The second kappa shape index (κ2) is 4.70. The van der Waals surface area contributed by atoms with E-state index in [0.29, 0.717) is 18.8 Å². The van der Waals surface area contributed by atoms with Gasteiger partial charge in [0.1, 0.15) is 5.82 Å². The molecular formula is C10H16BrN3O2S. The maximum Gasteiger partial charge on any atom is 0.257 e. The molecule has 7 heteroatoms. The van der Waals surface area contributed by atoms with Gasteiger partial charge in [-0.1, -0.05) is 22.9 Å². The molecule has 0 atom stereocenters. The molecule has 0 unspecified atom stereocenters. The molecule has 0 aromatic carbocycles. The first-order chi connectivity index (χ1) is 8.01. The van der Waals surface area contributed by atoms with Crippen LogP contribution in [0, 0.1) is 5.41 Å². The first kappa shape index (κ1) is 13.0. The topological polar surface area (TPSA) is 74.8 Å². The molecule has 1 fully saturated rings. The molecule has 1 saturated carbocycles. The second-order valence-electron chi connectivity index (χ2n) is 4.51. The largest absolute Gasteiger partial charge is 0.332 e. The van der Waals surface area contributed by atoms with Crippen LogP contribution in [0.1, 0.15) is 25.6 Å². The number of imidazole rings is 1. The number of nitrogens with zero attached hydrogens (tertiary/aromatic N) is 1. The molecule has 0 spiro atoms. The van der Waals surface area contributed by atoms with Crippen molar-refractivity contribution in [1.29, 1.82) is 0 Å². The summed E-state index contributed by atoms with van der Waals surface area (Å²) in [6.07, 6.45) is 4.21. The molecule has 1 aromatic heterocycles. The summed E-state index contributed by atoms with van der Waals surface area (Å²) in [6.45, 7) is 2.41. The maximum atomic E-state index is 12.0. The Bertz CT molecular complexity index is 493. The predicted molar refractivity (Wildman–Crippen MR) is 68.6 cm³/mol. The zero-order valence-electron chi connectivity index (χ0n) is 9.66. The van der Waals surface area contributed by atoms with Crippen LogP contribution in [0.3, 0.4) is 0 Å². The number of aromatic amines is 1. The Morgan fingerprint density at radius 2 is 2.29 bits per heavy atom. The van der Waals surface area contributed by atoms with E-state index in [0.717, 1.165) is 18.2 Å². The minimum absolute atomic E-state index is 0.126. The van der Waals surface area contributed by atoms with Gasteiger partial charge in [0, 0.05) is 18.3 Å². The van der Waals surface area contributed by atoms with Crippen LogP contribution >= 0.6 is 15.9 Å². The average Bonchev–Trinajstić information content (AvgIpc) is 2.94. The van der Waals surface area contributed by atoms with Gasteiger partial charge in [0.2, 0.25) is 0 Å². The van der Waals surface area contributed by atoms with E-state index in [2.05, 4.69) is 30.6 Å². The number of rotatable bonds is 6. The maximum absolute atomic E-state index is 12.0. The third-order valence-electron chi connectivity index (χ3n) is 3.11. The lowest BCUT2D eigenvalue weighted by Crippen LogP contribution is -2.31. The quantitative estimate of drug-likeness (QED) is 0.778. The predicted octanol–water partition coefficient (Wildman–Crippen LogP) is 1.43. The number of aryl methyl sites for hydroxylation is 1. The molecule has 0 aliphatic heterocycles. The molecule has 0 amide bonds. The Morgan fingerprint density at radius 1 is 1.59 bits per heavy atom. The van der Waals surface area contributed by atoms with E-state index in [-0.39, 0.29) is 10.4 Å². The van der Waals surface area contributed by atoms with Gasteiger partial charge in [-0.3, -0.25) is 0 Å². The van der Waals surface area contributed by atoms with Crippen LogP contribution in [0.25, 0.3) is 0 Å². The van der Waals surface area contributed by atoms with Gasteiger partial charge < -0.3 is 4.98 Å². The fraction of sp³-hybridized carbons (Fsp3) is 0.700.